The van der Waals surface area contributed by atoms with Gasteiger partial charge in [-0.25, -0.2) is 14.8 Å². The first kappa shape index (κ1) is 35.5. The molecule has 1 aromatic heterocycles. The summed E-state index contributed by atoms with van der Waals surface area (Å²) in [5.74, 6) is -0.592. The van der Waals surface area contributed by atoms with Gasteiger partial charge >= 0.3 is 24.6 Å². The van der Waals surface area contributed by atoms with Gasteiger partial charge in [-0.05, 0) is 60.4 Å². The molecule has 0 radical (unpaired) electrons. The maximum atomic E-state index is 13.6. The van der Waals surface area contributed by atoms with Gasteiger partial charge in [-0.3, -0.25) is 4.90 Å². The second kappa shape index (κ2) is 13.4. The lowest BCUT2D eigenvalue weighted by molar-refractivity contribution is -0.143. The van der Waals surface area contributed by atoms with Crippen LogP contribution in [0.15, 0.2) is 42.6 Å². The number of aromatic nitrogens is 2. The highest BCUT2D eigenvalue weighted by Gasteiger charge is 2.40. The Hall–Kier alpha value is -4.32. The lowest BCUT2D eigenvalue weighted by atomic mass is 9.89. The summed E-state index contributed by atoms with van der Waals surface area (Å²) in [6.07, 6.45) is -17.4. The molecule has 1 amide bonds. The summed E-state index contributed by atoms with van der Waals surface area (Å²) in [6.45, 7) is 0.360. The molecule has 18 heteroatoms. The summed E-state index contributed by atoms with van der Waals surface area (Å²) in [7, 11) is 0. The van der Waals surface area contributed by atoms with E-state index in [1.165, 1.54) is 0 Å². The Kier molecular flexibility index (Phi) is 10.1. The molecule has 0 spiro atoms. The Morgan fingerprint density at radius 1 is 1.00 bits per heavy atom. The van der Waals surface area contributed by atoms with E-state index in [2.05, 4.69) is 15.3 Å². The van der Waals surface area contributed by atoms with E-state index in [0.717, 1.165) is 29.3 Å². The molecule has 4 N–H and O–H groups in total. The minimum atomic E-state index is -5.14. The maximum absolute atomic E-state index is 13.6. The van der Waals surface area contributed by atoms with Crippen LogP contribution in [-0.2, 0) is 24.9 Å². The third-order valence-corrected chi connectivity index (χ3v) is 7.33. The molecule has 256 valence electrons. The van der Waals surface area contributed by atoms with Gasteiger partial charge in [0.1, 0.15) is 12.7 Å². The van der Waals surface area contributed by atoms with Crippen LogP contribution >= 0.6 is 0 Å². The van der Waals surface area contributed by atoms with Crippen molar-refractivity contribution in [3.63, 3.8) is 0 Å². The molecule has 2 heterocycles. The zero-order valence-electron chi connectivity index (χ0n) is 24.2. The molecule has 1 aliphatic heterocycles. The fourth-order valence-electron chi connectivity index (χ4n) is 5.11. The molecule has 47 heavy (non-hydrogen) atoms. The Balaban J connectivity index is 1.79. The molecule has 9 nitrogen and oxygen atoms in total. The van der Waals surface area contributed by atoms with Gasteiger partial charge in [0.25, 0.3) is 0 Å². The lowest BCUT2D eigenvalue weighted by Crippen LogP contribution is -2.45. The van der Waals surface area contributed by atoms with Crippen molar-refractivity contribution in [2.75, 3.05) is 23.4 Å². The number of aliphatic hydroxyl groups is 2. The number of nitrogens with one attached hydrogen (secondary N) is 1. The van der Waals surface area contributed by atoms with Crippen molar-refractivity contribution in [3.05, 3.63) is 76.1 Å². The highest BCUT2D eigenvalue weighted by Crippen LogP contribution is 2.43. The first-order valence-electron chi connectivity index (χ1n) is 13.9. The predicted molar refractivity (Wildman–Crippen MR) is 147 cm³/mol. The number of carbonyl (C=O) groups is 1. The number of aliphatic hydroxyl groups excluding tert-OH is 2. The predicted octanol–water partition coefficient (Wildman–Crippen LogP) is 6.68. The fraction of sp³-hybridized carbons (Fsp3) is 0.414. The normalized spacial score (nSPS) is 17.7. The maximum Gasteiger partial charge on any atom is 0.416 e. The van der Waals surface area contributed by atoms with Crippen LogP contribution in [0.5, 0.6) is 5.75 Å². The number of halogens is 9. The van der Waals surface area contributed by atoms with Crippen LogP contribution in [0.3, 0.4) is 0 Å². The average Bonchev–Trinajstić information content (AvgIpc) is 2.98. The molecule has 0 saturated heterocycles. The van der Waals surface area contributed by atoms with E-state index in [-0.39, 0.29) is 47.6 Å². The van der Waals surface area contributed by atoms with Gasteiger partial charge in [0.15, 0.2) is 5.75 Å². The molecule has 0 aliphatic carbocycles. The number of amides is 1. The van der Waals surface area contributed by atoms with Gasteiger partial charge in [0.05, 0.1) is 46.9 Å². The summed E-state index contributed by atoms with van der Waals surface area (Å²) in [5.41, 5.74) is -5.09. The molecular formula is C29H27F9N4O5. The Bertz CT molecular complexity index is 1570. The molecule has 0 bridgehead atoms. The largest absolute Gasteiger partial charge is 0.487 e. The zero-order valence-corrected chi connectivity index (χ0v) is 24.2. The number of ether oxygens (including phenoxy) is 1. The minimum absolute atomic E-state index is 0.0390. The van der Waals surface area contributed by atoms with Crippen molar-refractivity contribution >= 4 is 17.7 Å². The SMILES string of the molecule is CC[C@@H]1C[C@H](Nc2ncc(OCC(O)CO)c(Cc3cc(C(F)(F)F)cc(C(F)(F)F)c3)n2)c2cc(C(F)(F)F)ccc2N1C(=O)O. The van der Waals surface area contributed by atoms with Crippen molar-refractivity contribution in [2.24, 2.45) is 0 Å². The number of rotatable bonds is 9. The summed E-state index contributed by atoms with van der Waals surface area (Å²) in [6, 6.07) is 1.71. The molecule has 4 rings (SSSR count). The summed E-state index contributed by atoms with van der Waals surface area (Å²) in [5, 5.41) is 31.4. The first-order valence-corrected chi connectivity index (χ1v) is 13.9. The Morgan fingerprint density at radius 3 is 2.15 bits per heavy atom. The van der Waals surface area contributed by atoms with Crippen LogP contribution in [0.4, 0.5) is 55.9 Å². The number of fused-ring (bicyclic) bond motifs is 1. The van der Waals surface area contributed by atoms with Gasteiger partial charge < -0.3 is 25.4 Å². The molecule has 3 aromatic rings. The molecule has 2 aromatic carbocycles. The smallest absolute Gasteiger partial charge is 0.416 e. The van der Waals surface area contributed by atoms with E-state index >= 15 is 0 Å². The van der Waals surface area contributed by atoms with E-state index in [1.54, 1.807) is 6.92 Å². The summed E-state index contributed by atoms with van der Waals surface area (Å²) < 4.78 is 127. The molecule has 1 aliphatic rings. The third-order valence-electron chi connectivity index (χ3n) is 7.33. The van der Waals surface area contributed by atoms with Gasteiger partial charge in [-0.2, -0.15) is 39.5 Å². The van der Waals surface area contributed by atoms with Gasteiger partial charge in [-0.1, -0.05) is 6.92 Å². The minimum Gasteiger partial charge on any atom is -0.487 e. The highest BCUT2D eigenvalue weighted by molar-refractivity contribution is 5.89. The number of carboxylic acid groups (broad SMARTS) is 1. The fourth-order valence-corrected chi connectivity index (χ4v) is 5.11. The first-order chi connectivity index (χ1) is 21.8. The average molecular weight is 683 g/mol. The number of anilines is 2. The van der Waals surface area contributed by atoms with Crippen LogP contribution in [0, 0.1) is 0 Å². The number of hydrogen-bond acceptors (Lipinski definition) is 7. The van der Waals surface area contributed by atoms with Gasteiger partial charge in [-0.15, -0.1) is 0 Å². The second-order valence-electron chi connectivity index (χ2n) is 10.7. The molecule has 0 saturated carbocycles. The summed E-state index contributed by atoms with van der Waals surface area (Å²) >= 11 is 0. The van der Waals surface area contributed by atoms with Crippen molar-refractivity contribution in [2.45, 2.75) is 62.9 Å². The Morgan fingerprint density at radius 2 is 1.62 bits per heavy atom. The summed E-state index contributed by atoms with van der Waals surface area (Å²) in [4.78, 5) is 21.2. The van der Waals surface area contributed by atoms with Crippen LogP contribution in [0.2, 0.25) is 0 Å². The van der Waals surface area contributed by atoms with Gasteiger partial charge in [0.2, 0.25) is 5.95 Å². The van der Waals surface area contributed by atoms with E-state index in [1.807, 2.05) is 0 Å². The second-order valence-corrected chi connectivity index (χ2v) is 10.7. The van der Waals surface area contributed by atoms with E-state index in [0.29, 0.717) is 12.1 Å². The Labute approximate surface area is 260 Å². The molecular weight excluding hydrogens is 655 g/mol. The number of hydrogen-bond donors (Lipinski definition) is 4. The number of benzene rings is 2. The molecule has 3 atom stereocenters. The van der Waals surface area contributed by atoms with Crippen LogP contribution in [-0.4, -0.2) is 56.7 Å². The van der Waals surface area contributed by atoms with Crippen LogP contribution in [0.25, 0.3) is 0 Å². The van der Waals surface area contributed by atoms with Crippen LogP contribution in [0.1, 0.15) is 59.3 Å². The molecule has 0 fully saturated rings. The van der Waals surface area contributed by atoms with E-state index in [4.69, 9.17) is 9.84 Å². The van der Waals surface area contributed by atoms with Crippen LogP contribution < -0.4 is 15.0 Å². The van der Waals surface area contributed by atoms with Crippen molar-refractivity contribution in [1.29, 1.82) is 0 Å². The monoisotopic (exact) mass is 682 g/mol. The van der Waals surface area contributed by atoms with Crippen molar-refractivity contribution in [3.8, 4) is 5.75 Å². The topological polar surface area (TPSA) is 128 Å². The number of nitrogens with zero attached hydrogens (tertiary/aromatic N) is 3. The van der Waals surface area contributed by atoms with Crippen molar-refractivity contribution in [1.82, 2.24) is 9.97 Å². The van der Waals surface area contributed by atoms with Gasteiger partial charge in [0, 0.05) is 12.5 Å². The third kappa shape index (κ3) is 8.34. The number of alkyl halides is 9. The standard InChI is InChI=1S/C29H27F9N4O5/c1-2-18-10-21(20-9-15(27(30,31)32)3-4-23(20)42(18)26(45)46)40-25-39-11-24(47-13-19(44)12-43)22(41-25)7-14-5-16(28(33,34)35)8-17(6-14)29(36,37)38/h3-6,8-9,11,18-19,21,43-44H,2,7,10,12-13H2,1H3,(H,45,46)(H,39,40,41)/t18-,19?,21+/m1/s1. The van der Waals surface area contributed by atoms with E-state index < -0.39 is 84.7 Å². The quantitative estimate of drug-likeness (QED) is 0.184. The lowest BCUT2D eigenvalue weighted by Gasteiger charge is -2.39. The van der Waals surface area contributed by atoms with Crippen molar-refractivity contribution < 1.29 is 64.4 Å². The molecule has 1 unspecified atom stereocenters. The highest BCUT2D eigenvalue weighted by atomic mass is 19.4. The zero-order chi connectivity index (χ0) is 34.9. The van der Waals surface area contributed by atoms with E-state index in [9.17, 15) is 54.5 Å².